The van der Waals surface area contributed by atoms with Gasteiger partial charge in [-0.15, -0.1) is 0 Å². The van der Waals surface area contributed by atoms with Crippen LogP contribution in [0.15, 0.2) is 33.1 Å². The van der Waals surface area contributed by atoms with Gasteiger partial charge in [-0.3, -0.25) is 14.1 Å². The van der Waals surface area contributed by atoms with Crippen molar-refractivity contribution in [3.63, 3.8) is 0 Å². The summed E-state index contributed by atoms with van der Waals surface area (Å²) in [6.45, 7) is 4.91. The number of aryl methyl sites for hydroxylation is 1. The number of carbonyl (C=O) groups excluding carboxylic acids is 2. The molecule has 2 aromatic heterocycles. The van der Waals surface area contributed by atoms with E-state index in [0.717, 1.165) is 0 Å². The molecule has 2 aliphatic heterocycles. The molecule has 0 bridgehead atoms. The van der Waals surface area contributed by atoms with Crippen LogP contribution in [0.25, 0.3) is 21.9 Å². The Labute approximate surface area is 260 Å². The zero-order chi connectivity index (χ0) is 31.7. The molecule has 0 aliphatic carbocycles. The summed E-state index contributed by atoms with van der Waals surface area (Å²) in [7, 11) is 2.86. The van der Waals surface area contributed by atoms with Gasteiger partial charge in [-0.25, -0.2) is 0 Å². The summed E-state index contributed by atoms with van der Waals surface area (Å²) in [4.78, 5) is 30.7. The highest BCUT2D eigenvalue weighted by Gasteiger charge is 2.30. The lowest BCUT2D eigenvalue weighted by atomic mass is 10.1. The van der Waals surface area contributed by atoms with Gasteiger partial charge in [-0.2, -0.15) is 4.21 Å². The molecule has 0 saturated carbocycles. The number of rotatable bonds is 9. The predicted molar refractivity (Wildman–Crippen MR) is 159 cm³/mol. The van der Waals surface area contributed by atoms with Gasteiger partial charge in [0.1, 0.15) is 23.5 Å². The Bertz CT molecular complexity index is 1770. The summed E-state index contributed by atoms with van der Waals surface area (Å²) < 4.78 is 65.9. The Hall–Kier alpha value is -4.31. The molecule has 2 aromatic carbocycles. The summed E-state index contributed by atoms with van der Waals surface area (Å²) in [5.74, 6) is 0.894. The molecule has 2 aliphatic rings. The molecule has 1 N–H and O–H groups in total. The topological polar surface area (TPSA) is 160 Å². The van der Waals surface area contributed by atoms with Crippen molar-refractivity contribution in [1.29, 1.82) is 0 Å². The van der Waals surface area contributed by atoms with Crippen LogP contribution >= 0.6 is 0 Å². The Morgan fingerprint density at radius 2 is 1.29 bits per heavy atom. The fraction of sp³-hybridized carbons (Fsp3) is 0.400. The van der Waals surface area contributed by atoms with Crippen molar-refractivity contribution in [3.05, 3.63) is 46.9 Å². The lowest BCUT2D eigenvalue weighted by Crippen LogP contribution is -2.41. The summed E-state index contributed by atoms with van der Waals surface area (Å²) in [5.41, 5.74) is 1.36. The fourth-order valence-electron chi connectivity index (χ4n) is 5.55. The Morgan fingerprint density at radius 1 is 0.778 bits per heavy atom. The molecule has 15 heteroatoms. The van der Waals surface area contributed by atoms with Crippen LogP contribution in [0.4, 0.5) is 0 Å². The second-order valence-electron chi connectivity index (χ2n) is 10.3. The van der Waals surface area contributed by atoms with Crippen molar-refractivity contribution in [1.82, 2.24) is 9.80 Å². The number of ether oxygens (including phenoxy) is 5. The first-order valence-corrected chi connectivity index (χ1v) is 15.2. The third kappa shape index (κ3) is 6.03. The minimum atomic E-state index is -2.64. The molecule has 2 fully saturated rings. The second-order valence-corrected chi connectivity index (χ2v) is 10.9. The summed E-state index contributed by atoms with van der Waals surface area (Å²) in [6, 6.07) is 6.22. The lowest BCUT2D eigenvalue weighted by molar-refractivity contribution is 0.0300. The van der Waals surface area contributed by atoms with Crippen LogP contribution in [-0.2, 0) is 27.4 Å². The molecule has 4 heterocycles. The van der Waals surface area contributed by atoms with E-state index >= 15 is 0 Å². The lowest BCUT2D eigenvalue weighted by Gasteiger charge is -2.27. The summed E-state index contributed by atoms with van der Waals surface area (Å²) in [6.07, 6.45) is 0. The molecule has 0 spiro atoms. The number of methoxy groups -OCH3 is 2. The first kappa shape index (κ1) is 30.7. The SMILES string of the molecule is COc1cc2oc(C)c(C(=O)N3CCOCC3)c2cc1OCc1oc2cc(OC)c(OS(=O)O)cc2c1C(=O)N1CCOCC1. The quantitative estimate of drug-likeness (QED) is 0.265. The van der Waals surface area contributed by atoms with E-state index in [9.17, 15) is 18.4 Å². The largest absolute Gasteiger partial charge is 0.493 e. The van der Waals surface area contributed by atoms with E-state index in [4.69, 9.17) is 36.7 Å². The van der Waals surface area contributed by atoms with Crippen molar-refractivity contribution in [2.45, 2.75) is 13.5 Å². The number of hydrogen-bond donors (Lipinski definition) is 1. The van der Waals surface area contributed by atoms with E-state index in [0.29, 0.717) is 91.8 Å². The number of benzene rings is 2. The van der Waals surface area contributed by atoms with Crippen LogP contribution in [0.2, 0.25) is 0 Å². The van der Waals surface area contributed by atoms with E-state index in [1.807, 2.05) is 0 Å². The van der Waals surface area contributed by atoms with Gasteiger partial charge in [0.05, 0.1) is 51.8 Å². The van der Waals surface area contributed by atoms with Crippen molar-refractivity contribution < 1.29 is 55.1 Å². The van der Waals surface area contributed by atoms with Crippen LogP contribution in [0.5, 0.6) is 23.0 Å². The van der Waals surface area contributed by atoms with Crippen molar-refractivity contribution in [2.24, 2.45) is 0 Å². The maximum absolute atomic E-state index is 13.9. The van der Waals surface area contributed by atoms with E-state index in [1.54, 1.807) is 28.9 Å². The van der Waals surface area contributed by atoms with Gasteiger partial charge in [-0.1, -0.05) is 0 Å². The van der Waals surface area contributed by atoms with Gasteiger partial charge < -0.3 is 46.5 Å². The molecular formula is C30H32N2O12S. The monoisotopic (exact) mass is 644 g/mol. The normalized spacial score (nSPS) is 16.2. The van der Waals surface area contributed by atoms with Gasteiger partial charge in [0.15, 0.2) is 28.8 Å². The molecule has 6 rings (SSSR count). The number of amides is 2. The van der Waals surface area contributed by atoms with Crippen molar-refractivity contribution >= 4 is 45.1 Å². The first-order valence-electron chi connectivity index (χ1n) is 14.2. The number of carbonyl (C=O) groups is 2. The van der Waals surface area contributed by atoms with Crippen molar-refractivity contribution in [2.75, 3.05) is 66.8 Å². The molecule has 45 heavy (non-hydrogen) atoms. The van der Waals surface area contributed by atoms with E-state index in [1.165, 1.54) is 26.4 Å². The Kier molecular flexibility index (Phi) is 8.85. The zero-order valence-corrected chi connectivity index (χ0v) is 25.7. The second kappa shape index (κ2) is 13.0. The molecular weight excluding hydrogens is 612 g/mol. The van der Waals surface area contributed by atoms with Crippen LogP contribution in [0, 0.1) is 6.92 Å². The number of fused-ring (bicyclic) bond motifs is 2. The molecule has 0 radical (unpaired) electrons. The highest BCUT2D eigenvalue weighted by atomic mass is 32.2. The molecule has 14 nitrogen and oxygen atoms in total. The maximum Gasteiger partial charge on any atom is 0.357 e. The summed E-state index contributed by atoms with van der Waals surface area (Å²) in [5, 5.41) is 0.898. The van der Waals surface area contributed by atoms with Crippen LogP contribution in [-0.4, -0.2) is 97.2 Å². The number of furan rings is 2. The van der Waals surface area contributed by atoms with E-state index in [2.05, 4.69) is 0 Å². The third-order valence-electron chi connectivity index (χ3n) is 7.74. The molecule has 1 atom stereocenters. The third-order valence-corrected chi connectivity index (χ3v) is 8.06. The Balaban J connectivity index is 1.39. The van der Waals surface area contributed by atoms with Crippen LogP contribution in [0.3, 0.4) is 0 Å². The first-order chi connectivity index (χ1) is 21.8. The van der Waals surface area contributed by atoms with E-state index in [-0.39, 0.29) is 46.8 Å². The number of morpholine rings is 2. The minimum absolute atomic E-state index is 0.0463. The smallest absolute Gasteiger partial charge is 0.357 e. The highest BCUT2D eigenvalue weighted by molar-refractivity contribution is 7.74. The van der Waals surface area contributed by atoms with E-state index < -0.39 is 11.4 Å². The maximum atomic E-state index is 13.9. The molecule has 2 saturated heterocycles. The van der Waals surface area contributed by atoms with Gasteiger partial charge in [0, 0.05) is 49.1 Å². The molecule has 4 aromatic rings. The van der Waals surface area contributed by atoms with Gasteiger partial charge in [0.25, 0.3) is 11.8 Å². The average molecular weight is 645 g/mol. The fourth-order valence-corrected chi connectivity index (χ4v) is 5.83. The predicted octanol–water partition coefficient (Wildman–Crippen LogP) is 3.54. The van der Waals surface area contributed by atoms with Crippen LogP contribution in [0.1, 0.15) is 32.2 Å². The standard InChI is InChI=1S/C30H32N2O12S/c1-17-27(29(33)31-4-8-39-9-5-31)18-12-24(22(37-2)14-20(18)42-17)41-16-26-28(30(34)32-6-10-40-11-7-32)19-13-25(44-45(35)36)23(38-3)15-21(19)43-26/h12-15H,4-11,16H2,1-3H3,(H,35,36). The highest BCUT2D eigenvalue weighted by Crippen LogP contribution is 2.40. The Morgan fingerprint density at radius 3 is 1.87 bits per heavy atom. The molecule has 1 unspecified atom stereocenters. The molecule has 240 valence electrons. The molecule has 2 amide bonds. The van der Waals surface area contributed by atoms with Gasteiger partial charge in [-0.05, 0) is 19.1 Å². The van der Waals surface area contributed by atoms with Gasteiger partial charge >= 0.3 is 11.4 Å². The number of nitrogens with zero attached hydrogens (tertiary/aromatic N) is 2. The summed E-state index contributed by atoms with van der Waals surface area (Å²) >= 11 is -2.64. The van der Waals surface area contributed by atoms with Crippen molar-refractivity contribution in [3.8, 4) is 23.0 Å². The average Bonchev–Trinajstić information content (AvgIpc) is 3.57. The minimum Gasteiger partial charge on any atom is -0.493 e. The van der Waals surface area contributed by atoms with Gasteiger partial charge in [0.2, 0.25) is 0 Å². The zero-order valence-electron chi connectivity index (χ0n) is 24.9. The van der Waals surface area contributed by atoms with Crippen LogP contribution < -0.4 is 18.4 Å². The number of hydrogen-bond acceptors (Lipinski definition) is 11.